The number of hydrogen-bond donors (Lipinski definition) is 1. The molecule has 1 saturated carbocycles. The van der Waals surface area contributed by atoms with Gasteiger partial charge in [-0.2, -0.15) is 0 Å². The van der Waals surface area contributed by atoms with Crippen molar-refractivity contribution in [2.45, 2.75) is 56.7 Å². The molecule has 2 heteroatoms. The third-order valence-corrected chi connectivity index (χ3v) is 3.35. The first kappa shape index (κ1) is 11.7. The van der Waals surface area contributed by atoms with Gasteiger partial charge in [-0.25, -0.2) is 0 Å². The van der Waals surface area contributed by atoms with E-state index in [1.807, 2.05) is 6.08 Å². The average Bonchev–Trinajstić information content (AvgIpc) is 2.67. The molecule has 2 nitrogen and oxygen atoms in total. The Morgan fingerprint density at radius 2 is 2.14 bits per heavy atom. The minimum atomic E-state index is -0.296. The highest BCUT2D eigenvalue weighted by atomic mass is 16.5. The molecule has 1 N–H and O–H groups in total. The lowest BCUT2D eigenvalue weighted by atomic mass is 9.91. The summed E-state index contributed by atoms with van der Waals surface area (Å²) in [5, 5.41) is 10.1. The summed E-state index contributed by atoms with van der Waals surface area (Å²) in [5.41, 5.74) is -0.235. The summed E-state index contributed by atoms with van der Waals surface area (Å²) >= 11 is 0. The van der Waals surface area contributed by atoms with Crippen LogP contribution < -0.4 is 0 Å². The summed E-state index contributed by atoms with van der Waals surface area (Å²) in [7, 11) is 1.72. The number of methoxy groups -OCH3 is 1. The topological polar surface area (TPSA) is 29.5 Å². The Bertz CT molecular complexity index is 171. The second kappa shape index (κ2) is 5.52. The zero-order valence-corrected chi connectivity index (χ0v) is 9.17. The fourth-order valence-electron chi connectivity index (χ4n) is 2.37. The molecule has 1 aliphatic rings. The van der Waals surface area contributed by atoms with Crippen molar-refractivity contribution in [3.8, 4) is 0 Å². The van der Waals surface area contributed by atoms with Gasteiger partial charge in [0.25, 0.3) is 0 Å². The van der Waals surface area contributed by atoms with Crippen molar-refractivity contribution in [1.29, 1.82) is 0 Å². The number of aliphatic hydroxyl groups excluding tert-OH is 1. The molecule has 0 aromatic rings. The molecule has 1 atom stereocenters. The minimum absolute atomic E-state index is 0.235. The van der Waals surface area contributed by atoms with E-state index in [9.17, 15) is 5.11 Å². The van der Waals surface area contributed by atoms with Crippen molar-refractivity contribution in [1.82, 2.24) is 0 Å². The highest BCUT2D eigenvalue weighted by Gasteiger charge is 2.40. The lowest BCUT2D eigenvalue weighted by Gasteiger charge is -2.32. The first-order chi connectivity index (χ1) is 6.75. The van der Waals surface area contributed by atoms with Gasteiger partial charge in [-0.05, 0) is 32.1 Å². The van der Waals surface area contributed by atoms with Crippen LogP contribution in [0.25, 0.3) is 0 Å². The van der Waals surface area contributed by atoms with E-state index in [4.69, 9.17) is 4.74 Å². The molecule has 0 heterocycles. The molecule has 0 bridgehead atoms. The number of ether oxygens (including phenoxy) is 1. The van der Waals surface area contributed by atoms with E-state index >= 15 is 0 Å². The van der Waals surface area contributed by atoms with Gasteiger partial charge in [-0.15, -0.1) is 6.58 Å². The van der Waals surface area contributed by atoms with Gasteiger partial charge in [-0.3, -0.25) is 0 Å². The van der Waals surface area contributed by atoms with Gasteiger partial charge >= 0.3 is 0 Å². The molecule has 0 aromatic carbocycles. The van der Waals surface area contributed by atoms with Gasteiger partial charge in [-0.1, -0.05) is 18.9 Å². The number of hydrogen-bond acceptors (Lipinski definition) is 2. The van der Waals surface area contributed by atoms with Gasteiger partial charge in [0.2, 0.25) is 0 Å². The highest BCUT2D eigenvalue weighted by molar-refractivity contribution is 4.92. The van der Waals surface area contributed by atoms with E-state index in [0.717, 1.165) is 32.1 Å². The van der Waals surface area contributed by atoms with Crippen LogP contribution in [0.4, 0.5) is 0 Å². The normalized spacial score (nSPS) is 22.1. The Morgan fingerprint density at radius 1 is 1.50 bits per heavy atom. The molecule has 1 aliphatic carbocycles. The van der Waals surface area contributed by atoms with E-state index in [0.29, 0.717) is 0 Å². The highest BCUT2D eigenvalue weighted by Crippen LogP contribution is 2.37. The molecule has 14 heavy (non-hydrogen) atoms. The van der Waals surface area contributed by atoms with E-state index in [2.05, 4.69) is 6.58 Å². The Kier molecular flexibility index (Phi) is 4.63. The Hall–Kier alpha value is -0.340. The number of unbranched alkanes of at least 4 members (excludes halogenated alkanes) is 1. The first-order valence-electron chi connectivity index (χ1n) is 5.59. The monoisotopic (exact) mass is 198 g/mol. The number of rotatable bonds is 6. The molecule has 0 amide bonds. The summed E-state index contributed by atoms with van der Waals surface area (Å²) in [6.45, 7) is 3.68. The maximum Gasteiger partial charge on any atom is 0.0936 e. The fraction of sp³-hybridized carbons (Fsp3) is 0.833. The van der Waals surface area contributed by atoms with Crippen LogP contribution in [0, 0.1) is 0 Å². The second-order valence-corrected chi connectivity index (χ2v) is 4.21. The van der Waals surface area contributed by atoms with Gasteiger partial charge in [0.05, 0.1) is 11.7 Å². The van der Waals surface area contributed by atoms with Crippen molar-refractivity contribution in [2.75, 3.05) is 7.11 Å². The van der Waals surface area contributed by atoms with Crippen LogP contribution in [0.3, 0.4) is 0 Å². The standard InChI is InChI=1S/C12H22O2/c1-3-4-5-8-11(13)12(14-2)9-6-7-10-12/h3,11,13H,1,4-10H2,2H3. The average molecular weight is 198 g/mol. The molecule has 0 aromatic heterocycles. The minimum Gasteiger partial charge on any atom is -0.390 e. The lowest BCUT2D eigenvalue weighted by molar-refractivity contribution is -0.101. The molecule has 0 aliphatic heterocycles. The van der Waals surface area contributed by atoms with Crippen molar-refractivity contribution >= 4 is 0 Å². The first-order valence-corrected chi connectivity index (χ1v) is 5.59. The van der Waals surface area contributed by atoms with Crippen LogP contribution in [0.1, 0.15) is 44.9 Å². The quantitative estimate of drug-likeness (QED) is 0.525. The molecular formula is C12H22O2. The lowest BCUT2D eigenvalue weighted by Crippen LogP contribution is -2.41. The summed E-state index contributed by atoms with van der Waals surface area (Å²) < 4.78 is 5.52. The maximum absolute atomic E-state index is 10.1. The molecule has 1 fully saturated rings. The third kappa shape index (κ3) is 2.58. The summed E-state index contributed by atoms with van der Waals surface area (Å²) in [5.74, 6) is 0. The molecule has 1 rings (SSSR count). The molecule has 0 spiro atoms. The van der Waals surface area contributed by atoms with E-state index in [1.54, 1.807) is 7.11 Å². The predicted octanol–water partition coefficient (Wildman–Crippen LogP) is 2.66. The van der Waals surface area contributed by atoms with Crippen LogP contribution in [0.5, 0.6) is 0 Å². The molecule has 0 saturated heterocycles. The molecule has 82 valence electrons. The van der Waals surface area contributed by atoms with Crippen molar-refractivity contribution in [3.63, 3.8) is 0 Å². The predicted molar refractivity (Wildman–Crippen MR) is 58.3 cm³/mol. The number of allylic oxidation sites excluding steroid dienone is 1. The Morgan fingerprint density at radius 3 is 2.64 bits per heavy atom. The van der Waals surface area contributed by atoms with E-state index in [1.165, 1.54) is 12.8 Å². The Balaban J connectivity index is 2.39. The van der Waals surface area contributed by atoms with Crippen molar-refractivity contribution < 1.29 is 9.84 Å². The number of aliphatic hydroxyl groups is 1. The van der Waals surface area contributed by atoms with E-state index < -0.39 is 0 Å². The Labute approximate surface area is 87.0 Å². The van der Waals surface area contributed by atoms with Gasteiger partial charge in [0.15, 0.2) is 0 Å². The smallest absolute Gasteiger partial charge is 0.0936 e. The van der Waals surface area contributed by atoms with Crippen molar-refractivity contribution in [3.05, 3.63) is 12.7 Å². The van der Waals surface area contributed by atoms with Crippen LogP contribution in [0.2, 0.25) is 0 Å². The molecule has 1 unspecified atom stereocenters. The van der Waals surface area contributed by atoms with Crippen LogP contribution >= 0.6 is 0 Å². The summed E-state index contributed by atoms with van der Waals surface area (Å²) in [4.78, 5) is 0. The van der Waals surface area contributed by atoms with Crippen LogP contribution in [-0.4, -0.2) is 23.9 Å². The maximum atomic E-state index is 10.1. The molecule has 0 radical (unpaired) electrons. The van der Waals surface area contributed by atoms with Crippen LogP contribution in [0.15, 0.2) is 12.7 Å². The second-order valence-electron chi connectivity index (χ2n) is 4.21. The van der Waals surface area contributed by atoms with Crippen LogP contribution in [-0.2, 0) is 4.74 Å². The van der Waals surface area contributed by atoms with Crippen molar-refractivity contribution in [2.24, 2.45) is 0 Å². The SMILES string of the molecule is C=CCCCC(O)C1(OC)CCCC1. The zero-order chi connectivity index (χ0) is 10.4. The van der Waals surface area contributed by atoms with Gasteiger partial charge in [0, 0.05) is 7.11 Å². The third-order valence-electron chi connectivity index (χ3n) is 3.35. The van der Waals surface area contributed by atoms with Gasteiger partial charge in [0.1, 0.15) is 0 Å². The zero-order valence-electron chi connectivity index (χ0n) is 9.17. The summed E-state index contributed by atoms with van der Waals surface area (Å²) in [6, 6.07) is 0. The van der Waals surface area contributed by atoms with Gasteiger partial charge < -0.3 is 9.84 Å². The largest absolute Gasteiger partial charge is 0.390 e. The summed E-state index contributed by atoms with van der Waals surface area (Å²) in [6.07, 6.45) is 8.83. The fourth-order valence-corrected chi connectivity index (χ4v) is 2.37. The molecular weight excluding hydrogens is 176 g/mol. The van der Waals surface area contributed by atoms with E-state index in [-0.39, 0.29) is 11.7 Å².